The highest BCUT2D eigenvalue weighted by Gasteiger charge is 2.44. The van der Waals surface area contributed by atoms with Crippen LogP contribution in [0.25, 0.3) is 0 Å². The molecule has 0 radical (unpaired) electrons. The van der Waals surface area contributed by atoms with Gasteiger partial charge >= 0.3 is 0 Å². The molecule has 2 heteroatoms. The van der Waals surface area contributed by atoms with Gasteiger partial charge in [-0.3, -0.25) is 0 Å². The lowest BCUT2D eigenvalue weighted by Gasteiger charge is -2.16. The highest BCUT2D eigenvalue weighted by atomic mass is 16.5. The maximum atomic E-state index is 10.5. The summed E-state index contributed by atoms with van der Waals surface area (Å²) < 4.78 is 5.56. The fourth-order valence-corrected chi connectivity index (χ4v) is 2.13. The third kappa shape index (κ3) is 2.03. The summed E-state index contributed by atoms with van der Waals surface area (Å²) in [6.45, 7) is 2.08. The Kier molecular flexibility index (Phi) is 3.10. The minimum Gasteiger partial charge on any atom is -0.374 e. The van der Waals surface area contributed by atoms with E-state index in [9.17, 15) is 4.79 Å². The Morgan fingerprint density at radius 1 is 1.50 bits per heavy atom. The molecule has 16 heavy (non-hydrogen) atoms. The Bertz CT molecular complexity index is 380. The zero-order valence-corrected chi connectivity index (χ0v) is 9.90. The first-order chi connectivity index (χ1) is 7.72. The summed E-state index contributed by atoms with van der Waals surface area (Å²) >= 11 is 0. The van der Waals surface area contributed by atoms with Crippen molar-refractivity contribution in [3.63, 3.8) is 0 Å². The van der Waals surface area contributed by atoms with Crippen LogP contribution in [0.3, 0.4) is 0 Å². The van der Waals surface area contributed by atoms with Gasteiger partial charge in [0, 0.05) is 13.5 Å². The topological polar surface area (TPSA) is 26.3 Å². The molecule has 1 aromatic carbocycles. The molecule has 2 nitrogen and oxygen atoms in total. The van der Waals surface area contributed by atoms with E-state index in [0.29, 0.717) is 12.3 Å². The average Bonchev–Trinajstić information content (AvgIpc) is 3.10. The molecule has 1 fully saturated rings. The molecule has 0 saturated heterocycles. The van der Waals surface area contributed by atoms with Crippen LogP contribution in [0.5, 0.6) is 0 Å². The number of rotatable bonds is 5. The summed E-state index contributed by atoms with van der Waals surface area (Å²) in [4.78, 5) is 10.5. The SMILES string of the molecule is COC1(c2cccc(C(C)CC=O)c2)CC1. The third-order valence-electron chi connectivity index (χ3n) is 3.53. The molecule has 1 saturated carbocycles. The van der Waals surface area contributed by atoms with E-state index in [1.807, 2.05) is 0 Å². The Balaban J connectivity index is 2.23. The quantitative estimate of drug-likeness (QED) is 0.710. The normalized spacial score (nSPS) is 19.1. The van der Waals surface area contributed by atoms with Crippen molar-refractivity contribution in [1.82, 2.24) is 0 Å². The molecule has 1 aliphatic carbocycles. The summed E-state index contributed by atoms with van der Waals surface area (Å²) in [5.41, 5.74) is 2.45. The fourth-order valence-electron chi connectivity index (χ4n) is 2.13. The van der Waals surface area contributed by atoms with Gasteiger partial charge in [0.15, 0.2) is 0 Å². The van der Waals surface area contributed by atoms with E-state index in [0.717, 1.165) is 19.1 Å². The number of benzene rings is 1. The Labute approximate surface area is 96.6 Å². The van der Waals surface area contributed by atoms with Gasteiger partial charge in [-0.15, -0.1) is 0 Å². The molecule has 1 aromatic rings. The standard InChI is InChI=1S/C14H18O2/c1-11(6-9-15)12-4-3-5-13(10-12)14(16-2)7-8-14/h3-5,9-11H,6-8H2,1-2H3. The van der Waals surface area contributed by atoms with Gasteiger partial charge < -0.3 is 9.53 Å². The van der Waals surface area contributed by atoms with Crippen LogP contribution in [0.1, 0.15) is 43.2 Å². The van der Waals surface area contributed by atoms with E-state index in [1.165, 1.54) is 11.1 Å². The second-order valence-electron chi connectivity index (χ2n) is 4.63. The van der Waals surface area contributed by atoms with Crippen molar-refractivity contribution < 1.29 is 9.53 Å². The molecule has 0 amide bonds. The molecule has 0 aromatic heterocycles. The Hall–Kier alpha value is -1.15. The molecule has 2 rings (SSSR count). The van der Waals surface area contributed by atoms with Crippen molar-refractivity contribution in [3.8, 4) is 0 Å². The van der Waals surface area contributed by atoms with Gasteiger partial charge in [-0.05, 0) is 29.9 Å². The third-order valence-corrected chi connectivity index (χ3v) is 3.53. The fraction of sp³-hybridized carbons (Fsp3) is 0.500. The van der Waals surface area contributed by atoms with Crippen LogP contribution in [0.2, 0.25) is 0 Å². The first kappa shape index (κ1) is 11.3. The maximum absolute atomic E-state index is 10.5. The summed E-state index contributed by atoms with van der Waals surface area (Å²) in [6, 6.07) is 8.45. The second-order valence-corrected chi connectivity index (χ2v) is 4.63. The number of hydrogen-bond donors (Lipinski definition) is 0. The van der Waals surface area contributed by atoms with Gasteiger partial charge in [0.05, 0.1) is 5.60 Å². The number of aldehydes is 1. The largest absolute Gasteiger partial charge is 0.374 e. The molecule has 1 unspecified atom stereocenters. The molecular weight excluding hydrogens is 200 g/mol. The molecule has 0 aliphatic heterocycles. The highest BCUT2D eigenvalue weighted by molar-refractivity contribution is 5.51. The predicted octanol–water partition coefficient (Wildman–Crippen LogP) is 3.01. The zero-order valence-electron chi connectivity index (χ0n) is 9.90. The van der Waals surface area contributed by atoms with Crippen LogP contribution in [0, 0.1) is 0 Å². The van der Waals surface area contributed by atoms with E-state index >= 15 is 0 Å². The first-order valence-electron chi connectivity index (χ1n) is 5.81. The van der Waals surface area contributed by atoms with Crippen molar-refractivity contribution in [1.29, 1.82) is 0 Å². The van der Waals surface area contributed by atoms with Crippen LogP contribution >= 0.6 is 0 Å². The van der Waals surface area contributed by atoms with Crippen molar-refractivity contribution in [2.75, 3.05) is 7.11 Å². The smallest absolute Gasteiger partial charge is 0.120 e. The average molecular weight is 218 g/mol. The molecule has 1 atom stereocenters. The van der Waals surface area contributed by atoms with Crippen LogP contribution in [-0.4, -0.2) is 13.4 Å². The van der Waals surface area contributed by atoms with Crippen molar-refractivity contribution in [2.24, 2.45) is 0 Å². The number of ether oxygens (including phenoxy) is 1. The number of carbonyl (C=O) groups is 1. The molecule has 0 spiro atoms. The molecular formula is C14H18O2. The van der Waals surface area contributed by atoms with Gasteiger partial charge in [-0.2, -0.15) is 0 Å². The molecule has 0 N–H and O–H groups in total. The summed E-state index contributed by atoms with van der Waals surface area (Å²) in [6.07, 6.45) is 3.79. The number of methoxy groups -OCH3 is 1. The summed E-state index contributed by atoms with van der Waals surface area (Å²) in [7, 11) is 1.77. The van der Waals surface area contributed by atoms with E-state index < -0.39 is 0 Å². The van der Waals surface area contributed by atoms with Gasteiger partial charge in [-0.1, -0.05) is 31.2 Å². The minimum atomic E-state index is -0.0308. The van der Waals surface area contributed by atoms with Crippen LogP contribution < -0.4 is 0 Å². The number of carbonyl (C=O) groups excluding carboxylic acids is 1. The van der Waals surface area contributed by atoms with Crippen molar-refractivity contribution >= 4 is 6.29 Å². The van der Waals surface area contributed by atoms with Gasteiger partial charge in [0.25, 0.3) is 0 Å². The van der Waals surface area contributed by atoms with Crippen molar-refractivity contribution in [3.05, 3.63) is 35.4 Å². The second kappa shape index (κ2) is 4.38. The monoisotopic (exact) mass is 218 g/mol. The molecule has 0 heterocycles. The molecule has 1 aliphatic rings. The van der Waals surface area contributed by atoms with Crippen molar-refractivity contribution in [2.45, 2.75) is 37.7 Å². The number of hydrogen-bond acceptors (Lipinski definition) is 2. The minimum absolute atomic E-state index is 0.0308. The van der Waals surface area contributed by atoms with Gasteiger partial charge in [0.2, 0.25) is 0 Å². The predicted molar refractivity (Wildman–Crippen MR) is 63.5 cm³/mol. The van der Waals surface area contributed by atoms with Crippen LogP contribution in [0.15, 0.2) is 24.3 Å². The Morgan fingerprint density at radius 3 is 2.81 bits per heavy atom. The lowest BCUT2D eigenvalue weighted by molar-refractivity contribution is -0.108. The lowest BCUT2D eigenvalue weighted by atomic mass is 9.94. The highest BCUT2D eigenvalue weighted by Crippen LogP contribution is 2.49. The van der Waals surface area contributed by atoms with Gasteiger partial charge in [0.1, 0.15) is 6.29 Å². The summed E-state index contributed by atoms with van der Waals surface area (Å²) in [5, 5.41) is 0. The van der Waals surface area contributed by atoms with E-state index in [1.54, 1.807) is 7.11 Å². The Morgan fingerprint density at radius 2 is 2.25 bits per heavy atom. The molecule has 0 bridgehead atoms. The molecule has 86 valence electrons. The van der Waals surface area contributed by atoms with Gasteiger partial charge in [-0.25, -0.2) is 0 Å². The van der Waals surface area contributed by atoms with E-state index in [4.69, 9.17) is 4.74 Å². The lowest BCUT2D eigenvalue weighted by Crippen LogP contribution is -2.09. The van der Waals surface area contributed by atoms with E-state index in [2.05, 4.69) is 31.2 Å². The first-order valence-corrected chi connectivity index (χ1v) is 5.81. The van der Waals surface area contributed by atoms with Crippen LogP contribution in [-0.2, 0) is 15.1 Å². The zero-order chi connectivity index (χ0) is 11.6. The maximum Gasteiger partial charge on any atom is 0.120 e. The van der Waals surface area contributed by atoms with Crippen LogP contribution in [0.4, 0.5) is 0 Å². The summed E-state index contributed by atoms with van der Waals surface area (Å²) in [5.74, 6) is 0.296. The van der Waals surface area contributed by atoms with E-state index in [-0.39, 0.29) is 5.60 Å².